The average molecular weight is 223 g/mol. The van der Waals surface area contributed by atoms with Crippen molar-refractivity contribution in [2.24, 2.45) is 5.92 Å². The molecule has 1 amide bonds. The van der Waals surface area contributed by atoms with Crippen LogP contribution < -0.4 is 5.32 Å². The van der Waals surface area contributed by atoms with Crippen LogP contribution in [0.15, 0.2) is 12.3 Å². The smallest absolute Gasteiger partial charge is 0.286 e. The number of hydrogen-bond acceptors (Lipinski definition) is 4. The first-order chi connectivity index (χ1) is 6.16. The summed E-state index contributed by atoms with van der Waals surface area (Å²) in [6.45, 7) is 5.91. The summed E-state index contributed by atoms with van der Waals surface area (Å²) in [6.07, 6.45) is 0. The van der Waals surface area contributed by atoms with Gasteiger partial charge in [-0.25, -0.2) is 0 Å². The van der Waals surface area contributed by atoms with Crippen LogP contribution in [0.25, 0.3) is 0 Å². The molecule has 0 aromatic heterocycles. The molecule has 0 aromatic carbocycles. The lowest BCUT2D eigenvalue weighted by Crippen LogP contribution is -2.44. The van der Waals surface area contributed by atoms with Gasteiger partial charge in [0.25, 0.3) is 16.0 Å². The summed E-state index contributed by atoms with van der Waals surface area (Å²) in [6, 6.07) is 0. The Morgan fingerprint density at radius 1 is 1.43 bits per heavy atom. The van der Waals surface area contributed by atoms with Crippen molar-refractivity contribution in [2.45, 2.75) is 19.2 Å². The molecule has 82 valence electrons. The van der Waals surface area contributed by atoms with Gasteiger partial charge in [0.1, 0.15) is 0 Å². The quantitative estimate of drug-likeness (QED) is 0.355. The molecule has 0 aromatic rings. The molecule has 0 spiro atoms. The fourth-order valence-electron chi connectivity index (χ4n) is 0.798. The van der Waals surface area contributed by atoms with E-state index in [4.69, 9.17) is 9.66 Å². The Morgan fingerprint density at radius 3 is 2.07 bits per heavy atom. The van der Waals surface area contributed by atoms with Crippen LogP contribution in [0.3, 0.4) is 0 Å². The minimum atomic E-state index is -4.38. The van der Waals surface area contributed by atoms with Crippen LogP contribution in [0.1, 0.15) is 13.8 Å². The van der Waals surface area contributed by atoms with Gasteiger partial charge in [-0.1, -0.05) is 20.4 Å². The highest BCUT2D eigenvalue weighted by Gasteiger charge is 2.28. The van der Waals surface area contributed by atoms with Crippen molar-refractivity contribution in [1.29, 1.82) is 0 Å². The third-order valence-corrected chi connectivity index (χ3v) is 2.77. The molecule has 1 atom stereocenters. The molecule has 14 heavy (non-hydrogen) atoms. The first-order valence-electron chi connectivity index (χ1n) is 3.81. The average Bonchev–Trinajstić information content (AvgIpc) is 1.96. The lowest BCUT2D eigenvalue weighted by molar-refractivity contribution is -0.120. The third kappa shape index (κ3) is 3.75. The lowest BCUT2D eigenvalue weighted by Gasteiger charge is -2.18. The highest BCUT2D eigenvalue weighted by molar-refractivity contribution is 7.86. The topological polar surface area (TPSA) is 104 Å². The summed E-state index contributed by atoms with van der Waals surface area (Å²) in [5, 5.41) is 9.12. The van der Waals surface area contributed by atoms with Gasteiger partial charge in [0, 0.05) is 0 Å². The van der Waals surface area contributed by atoms with E-state index in [1.807, 2.05) is 5.32 Å². The summed E-state index contributed by atoms with van der Waals surface area (Å²) in [4.78, 5) is 10.9. The fraction of sp³-hybridized carbons (Fsp3) is 0.571. The van der Waals surface area contributed by atoms with Gasteiger partial charge >= 0.3 is 0 Å². The van der Waals surface area contributed by atoms with E-state index < -0.39 is 33.1 Å². The number of carbonyl (C=O) groups excluding carboxylic acids is 1. The van der Waals surface area contributed by atoms with Crippen LogP contribution in [0.4, 0.5) is 0 Å². The fourth-order valence-corrected chi connectivity index (χ4v) is 1.74. The zero-order valence-electron chi connectivity index (χ0n) is 7.89. The number of amides is 1. The van der Waals surface area contributed by atoms with Crippen molar-refractivity contribution in [3.05, 3.63) is 12.3 Å². The van der Waals surface area contributed by atoms with Crippen LogP contribution in [0.5, 0.6) is 0 Å². The molecule has 1 unspecified atom stereocenters. The molecular weight excluding hydrogens is 210 g/mol. The van der Waals surface area contributed by atoms with E-state index in [0.717, 1.165) is 0 Å². The van der Waals surface area contributed by atoms with E-state index in [-0.39, 0.29) is 0 Å². The van der Waals surface area contributed by atoms with Gasteiger partial charge in [-0.15, -0.1) is 0 Å². The van der Waals surface area contributed by atoms with Crippen molar-refractivity contribution >= 4 is 16.0 Å². The van der Waals surface area contributed by atoms with E-state index in [9.17, 15) is 13.2 Å². The molecule has 0 aliphatic rings. The predicted molar refractivity (Wildman–Crippen MR) is 50.1 cm³/mol. The Kier molecular flexibility index (Phi) is 4.08. The van der Waals surface area contributed by atoms with Gasteiger partial charge in [-0.05, 0) is 5.92 Å². The van der Waals surface area contributed by atoms with E-state index in [2.05, 4.69) is 6.58 Å². The molecule has 3 N–H and O–H groups in total. The Bertz CT molecular complexity index is 332. The minimum Gasteiger partial charge on any atom is -0.503 e. The third-order valence-electron chi connectivity index (χ3n) is 1.46. The van der Waals surface area contributed by atoms with Crippen LogP contribution in [-0.2, 0) is 14.9 Å². The number of nitrogens with one attached hydrogen (secondary N) is 1. The maximum absolute atomic E-state index is 10.9. The van der Waals surface area contributed by atoms with E-state index in [1.54, 1.807) is 0 Å². The molecule has 0 saturated heterocycles. The van der Waals surface area contributed by atoms with E-state index in [0.29, 0.717) is 0 Å². The highest BCUT2D eigenvalue weighted by Crippen LogP contribution is 2.08. The number of aliphatic hydroxyl groups is 1. The molecule has 0 rings (SSSR count). The molecule has 0 saturated carbocycles. The maximum atomic E-state index is 10.9. The zero-order chi connectivity index (χ0) is 11.5. The number of hydrogen-bond donors (Lipinski definition) is 3. The largest absolute Gasteiger partial charge is 0.503 e. The van der Waals surface area contributed by atoms with E-state index in [1.165, 1.54) is 13.8 Å². The van der Waals surface area contributed by atoms with Crippen molar-refractivity contribution in [3.8, 4) is 0 Å². The Morgan fingerprint density at radius 2 is 1.86 bits per heavy atom. The molecule has 0 heterocycles. The first-order valence-corrected chi connectivity index (χ1v) is 5.31. The monoisotopic (exact) mass is 223 g/mol. The first kappa shape index (κ1) is 12.9. The number of aliphatic hydroxyl groups excluding tert-OH is 1. The van der Waals surface area contributed by atoms with Crippen LogP contribution >= 0.6 is 0 Å². The maximum Gasteiger partial charge on any atom is 0.286 e. The highest BCUT2D eigenvalue weighted by atomic mass is 32.2. The number of rotatable bonds is 4. The van der Waals surface area contributed by atoms with Crippen molar-refractivity contribution in [3.63, 3.8) is 0 Å². The predicted octanol–water partition coefficient (Wildman–Crippen LogP) is 0.0442. The summed E-state index contributed by atoms with van der Waals surface area (Å²) in [7, 11) is -4.38. The molecule has 0 radical (unpaired) electrons. The molecule has 6 nitrogen and oxygen atoms in total. The molecule has 0 aliphatic carbocycles. The van der Waals surface area contributed by atoms with Crippen LogP contribution in [-0.4, -0.2) is 29.4 Å². The van der Waals surface area contributed by atoms with Crippen LogP contribution in [0.2, 0.25) is 0 Å². The van der Waals surface area contributed by atoms with Gasteiger partial charge in [-0.2, -0.15) is 8.42 Å². The Balaban J connectivity index is 4.74. The molecular formula is C7H13NO5S. The normalized spacial score (nSPS) is 13.7. The van der Waals surface area contributed by atoms with Gasteiger partial charge < -0.3 is 10.4 Å². The molecule has 0 fully saturated rings. The molecule has 0 bridgehead atoms. The van der Waals surface area contributed by atoms with Gasteiger partial charge in [-0.3, -0.25) is 9.35 Å². The van der Waals surface area contributed by atoms with Gasteiger partial charge in [0.15, 0.2) is 11.1 Å². The second kappa shape index (κ2) is 4.43. The Labute approximate surface area is 82.4 Å². The summed E-state index contributed by atoms with van der Waals surface area (Å²) in [5.41, 5.74) is 0. The van der Waals surface area contributed by atoms with Gasteiger partial charge in [0.2, 0.25) is 0 Å². The Hall–Kier alpha value is -1.08. The summed E-state index contributed by atoms with van der Waals surface area (Å²) >= 11 is 0. The summed E-state index contributed by atoms with van der Waals surface area (Å²) in [5.74, 6) is -2.35. The molecule has 7 heteroatoms. The van der Waals surface area contributed by atoms with Crippen LogP contribution in [0, 0.1) is 5.92 Å². The van der Waals surface area contributed by atoms with Gasteiger partial charge in [0.05, 0.1) is 0 Å². The van der Waals surface area contributed by atoms with E-state index >= 15 is 0 Å². The second-order valence-electron chi connectivity index (χ2n) is 3.10. The zero-order valence-corrected chi connectivity index (χ0v) is 8.71. The van der Waals surface area contributed by atoms with Crippen molar-refractivity contribution in [1.82, 2.24) is 5.32 Å². The molecule has 0 aliphatic heterocycles. The standard InChI is InChI=1S/C7H13NO5S/c1-4(2)7(14(11,12)13)8-6(10)5(3)9/h4,7,9H,3H2,1-2H3,(H,8,10)(H,11,12,13). The number of carbonyl (C=O) groups is 1. The lowest BCUT2D eigenvalue weighted by atomic mass is 10.2. The van der Waals surface area contributed by atoms with Crippen molar-refractivity contribution in [2.75, 3.05) is 0 Å². The van der Waals surface area contributed by atoms with Crippen molar-refractivity contribution < 1.29 is 22.9 Å². The minimum absolute atomic E-state index is 0.520. The second-order valence-corrected chi connectivity index (χ2v) is 4.64. The SMILES string of the molecule is C=C(O)C(=O)NC(C(C)C)S(=O)(=O)O. The summed E-state index contributed by atoms with van der Waals surface area (Å²) < 4.78 is 30.2.